The van der Waals surface area contributed by atoms with Gasteiger partial charge in [0.1, 0.15) is 6.04 Å². The van der Waals surface area contributed by atoms with E-state index >= 15 is 0 Å². The van der Waals surface area contributed by atoms with E-state index in [4.69, 9.17) is 11.6 Å². The van der Waals surface area contributed by atoms with Gasteiger partial charge in [0.15, 0.2) is 0 Å². The predicted octanol–water partition coefficient (Wildman–Crippen LogP) is 3.90. The van der Waals surface area contributed by atoms with Crippen LogP contribution in [0.1, 0.15) is 28.8 Å². The van der Waals surface area contributed by atoms with Crippen molar-refractivity contribution in [2.75, 3.05) is 25.0 Å². The molecule has 2 aromatic rings. The zero-order chi connectivity index (χ0) is 21.3. The highest BCUT2D eigenvalue weighted by Crippen LogP contribution is 2.29. The van der Waals surface area contributed by atoms with Crippen molar-refractivity contribution in [3.63, 3.8) is 0 Å². The molecule has 3 heterocycles. The monoisotopic (exact) mass is 501 g/mol. The molecule has 1 N–H and O–H groups in total. The Labute approximate surface area is 198 Å². The average Bonchev–Trinajstić information content (AvgIpc) is 3.23. The highest BCUT2D eigenvalue weighted by Gasteiger charge is 2.39. The van der Waals surface area contributed by atoms with Gasteiger partial charge in [-0.05, 0) is 67.3 Å². The number of hydrogen-bond acceptors (Lipinski definition) is 5. The van der Waals surface area contributed by atoms with Gasteiger partial charge in [-0.25, -0.2) is 8.42 Å². The lowest BCUT2D eigenvalue weighted by molar-refractivity contribution is -0.120. The normalized spacial score (nSPS) is 19.5. The van der Waals surface area contributed by atoms with Crippen LogP contribution in [0.2, 0.25) is 4.34 Å². The van der Waals surface area contributed by atoms with Gasteiger partial charge in [-0.15, -0.1) is 23.7 Å². The summed E-state index contributed by atoms with van der Waals surface area (Å²) in [7, 11) is -2.26. The number of sulfonamides is 1. The minimum absolute atomic E-state index is 0. The number of hydrogen-bond donors (Lipinski definition) is 1. The maximum atomic E-state index is 13.1. The molecule has 6 nitrogen and oxygen atoms in total. The molecule has 2 aliphatic heterocycles. The van der Waals surface area contributed by atoms with Crippen LogP contribution < -0.4 is 10.2 Å². The first kappa shape index (κ1) is 24.2. The summed E-state index contributed by atoms with van der Waals surface area (Å²) < 4.78 is 27.3. The number of amides is 1. The van der Waals surface area contributed by atoms with Crippen LogP contribution in [0.3, 0.4) is 0 Å². The van der Waals surface area contributed by atoms with E-state index in [0.29, 0.717) is 17.3 Å². The van der Waals surface area contributed by atoms with E-state index in [1.807, 2.05) is 6.07 Å². The molecule has 1 atom stereocenters. The Morgan fingerprint density at radius 3 is 2.81 bits per heavy atom. The Morgan fingerprint density at radius 2 is 2.06 bits per heavy atom. The van der Waals surface area contributed by atoms with Crippen LogP contribution in [0.4, 0.5) is 5.69 Å². The number of nitrogens with one attached hydrogen (secondary N) is 1. The summed E-state index contributed by atoms with van der Waals surface area (Å²) in [5, 5.41) is 4.54. The van der Waals surface area contributed by atoms with E-state index in [1.54, 1.807) is 17.0 Å². The molecule has 0 aliphatic carbocycles. The van der Waals surface area contributed by atoms with Crippen molar-refractivity contribution in [2.24, 2.45) is 0 Å². The van der Waals surface area contributed by atoms with Gasteiger partial charge in [0, 0.05) is 36.1 Å². The number of likely N-dealkylation sites (N-methyl/N-ethyl adjacent to an activating group) is 1. The lowest BCUT2D eigenvalue weighted by Crippen LogP contribution is -2.42. The van der Waals surface area contributed by atoms with E-state index < -0.39 is 16.1 Å². The number of benzene rings is 1. The van der Waals surface area contributed by atoms with Gasteiger partial charge in [-0.3, -0.25) is 4.79 Å². The van der Waals surface area contributed by atoms with Crippen molar-refractivity contribution < 1.29 is 13.2 Å². The molecule has 4 rings (SSSR count). The van der Waals surface area contributed by atoms with Crippen molar-refractivity contribution in [3.8, 4) is 0 Å². The number of anilines is 1. The molecular weight excluding hydrogens is 477 g/mol. The fourth-order valence-corrected chi connectivity index (χ4v) is 6.03. The van der Waals surface area contributed by atoms with Crippen molar-refractivity contribution >= 4 is 63.0 Å². The third-order valence-corrected chi connectivity index (χ3v) is 8.37. The Balaban J connectivity index is 0.00000272. The third-order valence-electron chi connectivity index (χ3n) is 5.63. The van der Waals surface area contributed by atoms with E-state index in [0.717, 1.165) is 41.9 Å². The smallest absolute Gasteiger partial charge is 0.245 e. The molecule has 0 saturated carbocycles. The molecule has 1 aromatic heterocycles. The van der Waals surface area contributed by atoms with Crippen molar-refractivity contribution in [3.05, 3.63) is 56.1 Å². The molecule has 0 bridgehead atoms. The fourth-order valence-electron chi connectivity index (χ4n) is 3.92. The summed E-state index contributed by atoms with van der Waals surface area (Å²) in [6.45, 7) is 2.34. The van der Waals surface area contributed by atoms with Crippen LogP contribution >= 0.6 is 35.3 Å². The number of aryl methyl sites for hydroxylation is 1. The first-order chi connectivity index (χ1) is 14.3. The Bertz CT molecular complexity index is 1090. The highest BCUT2D eigenvalue weighted by atomic mass is 35.5. The number of carbonyl (C=O) groups excluding carboxylic acids is 1. The standard InChI is InChI=1S/C21H24ClN3O3S2.ClH/c1-24(30(27,28)12-9-18-6-7-20(22)29-18)19-8-11-25(21(19)26)17-5-4-16-14-23-10-2-3-15(16)13-17;/h4-7,9,12-13,19,23H,2-3,8,10-11,14H2,1H3;1H/t19-;/m0./s1. The molecule has 2 aliphatic rings. The van der Waals surface area contributed by atoms with Crippen LogP contribution in [0.15, 0.2) is 35.7 Å². The van der Waals surface area contributed by atoms with E-state index in [9.17, 15) is 13.2 Å². The van der Waals surface area contributed by atoms with Crippen LogP contribution in [0.25, 0.3) is 6.08 Å². The number of fused-ring (bicyclic) bond motifs is 1. The Kier molecular flexibility index (Phi) is 7.83. The van der Waals surface area contributed by atoms with Gasteiger partial charge in [0.25, 0.3) is 0 Å². The number of thiophene rings is 1. The largest absolute Gasteiger partial charge is 0.313 e. The first-order valence-electron chi connectivity index (χ1n) is 9.90. The van der Waals surface area contributed by atoms with Crippen LogP contribution in [0, 0.1) is 0 Å². The molecule has 0 unspecified atom stereocenters. The molecular formula is C21H25Cl2N3O3S2. The van der Waals surface area contributed by atoms with Crippen LogP contribution in [0.5, 0.6) is 0 Å². The molecule has 168 valence electrons. The highest BCUT2D eigenvalue weighted by molar-refractivity contribution is 7.92. The van der Waals surface area contributed by atoms with Gasteiger partial charge < -0.3 is 10.2 Å². The lowest BCUT2D eigenvalue weighted by Gasteiger charge is -2.22. The Morgan fingerprint density at radius 1 is 1.26 bits per heavy atom. The summed E-state index contributed by atoms with van der Waals surface area (Å²) in [6, 6.07) is 8.89. The second-order valence-electron chi connectivity index (χ2n) is 7.53. The molecule has 0 spiro atoms. The van der Waals surface area contributed by atoms with Crippen molar-refractivity contribution in [1.82, 2.24) is 9.62 Å². The molecule has 1 aromatic carbocycles. The molecule has 1 fully saturated rings. The van der Waals surface area contributed by atoms with Gasteiger partial charge in [-0.2, -0.15) is 4.31 Å². The zero-order valence-electron chi connectivity index (χ0n) is 17.1. The van der Waals surface area contributed by atoms with Crippen LogP contribution in [-0.4, -0.2) is 44.8 Å². The summed E-state index contributed by atoms with van der Waals surface area (Å²) in [6.07, 6.45) is 4.02. The van der Waals surface area contributed by atoms with E-state index in [1.165, 1.54) is 39.9 Å². The molecule has 0 radical (unpaired) electrons. The maximum absolute atomic E-state index is 13.1. The third kappa shape index (κ3) is 5.32. The summed E-state index contributed by atoms with van der Waals surface area (Å²) >= 11 is 7.19. The average molecular weight is 502 g/mol. The van der Waals surface area contributed by atoms with Crippen molar-refractivity contribution in [2.45, 2.75) is 31.8 Å². The number of rotatable bonds is 5. The summed E-state index contributed by atoms with van der Waals surface area (Å²) in [4.78, 5) is 15.5. The topological polar surface area (TPSA) is 69.7 Å². The van der Waals surface area contributed by atoms with Gasteiger partial charge >= 0.3 is 0 Å². The SMILES string of the molecule is CN([C@H]1CCN(c2ccc3c(c2)CCCNC3)C1=O)S(=O)(=O)C=Cc1ccc(Cl)s1.Cl. The number of nitrogens with zero attached hydrogens (tertiary/aromatic N) is 2. The second kappa shape index (κ2) is 10.0. The quantitative estimate of drug-likeness (QED) is 0.674. The predicted molar refractivity (Wildman–Crippen MR) is 130 cm³/mol. The van der Waals surface area contributed by atoms with E-state index in [2.05, 4.69) is 17.4 Å². The number of halogens is 2. The second-order valence-corrected chi connectivity index (χ2v) is 11.2. The Hall–Kier alpha value is -1.42. The van der Waals surface area contributed by atoms with Gasteiger partial charge in [0.05, 0.1) is 4.34 Å². The summed E-state index contributed by atoms with van der Waals surface area (Å²) in [5.41, 5.74) is 3.36. The first-order valence-corrected chi connectivity index (χ1v) is 12.6. The maximum Gasteiger partial charge on any atom is 0.245 e. The molecule has 1 saturated heterocycles. The summed E-state index contributed by atoms with van der Waals surface area (Å²) in [5.74, 6) is -0.180. The molecule has 10 heteroatoms. The van der Waals surface area contributed by atoms with Gasteiger partial charge in [-0.1, -0.05) is 17.7 Å². The minimum Gasteiger partial charge on any atom is -0.313 e. The van der Waals surface area contributed by atoms with Gasteiger partial charge in [0.2, 0.25) is 15.9 Å². The van der Waals surface area contributed by atoms with Crippen LogP contribution in [-0.2, 0) is 27.8 Å². The molecule has 31 heavy (non-hydrogen) atoms. The zero-order valence-corrected chi connectivity index (χ0v) is 20.3. The minimum atomic E-state index is -3.73. The number of carbonyl (C=O) groups is 1. The van der Waals surface area contributed by atoms with Crippen molar-refractivity contribution in [1.29, 1.82) is 0 Å². The van der Waals surface area contributed by atoms with E-state index in [-0.39, 0.29) is 18.3 Å². The molecule has 1 amide bonds. The fraction of sp³-hybridized carbons (Fsp3) is 0.381. The lowest BCUT2D eigenvalue weighted by atomic mass is 10.0.